The molecule has 0 aromatic heterocycles. The van der Waals surface area contributed by atoms with Crippen molar-refractivity contribution in [3.8, 4) is 17.2 Å². The fraction of sp³-hybridized carbons (Fsp3) is 0.200. The highest BCUT2D eigenvalue weighted by Gasteiger charge is 2.08. The fourth-order valence-electron chi connectivity index (χ4n) is 1.64. The number of rotatable bonds is 5. The Morgan fingerprint density at radius 3 is 2.11 bits per heavy atom. The maximum Gasteiger partial charge on any atom is 0.119 e. The van der Waals surface area contributed by atoms with Gasteiger partial charge in [0.2, 0.25) is 0 Å². The molecule has 0 spiro atoms. The summed E-state index contributed by atoms with van der Waals surface area (Å²) in [6, 6.07) is 13.5. The largest absolute Gasteiger partial charge is 0.508 e. The average molecular weight is 260 g/mol. The van der Waals surface area contributed by atoms with Crippen LogP contribution in [0.2, 0.25) is 0 Å². The van der Waals surface area contributed by atoms with Crippen LogP contribution in [-0.4, -0.2) is 23.9 Å². The number of ether oxygens (including phenoxy) is 2. The van der Waals surface area contributed by atoms with Crippen LogP contribution in [0.3, 0.4) is 0 Å². The summed E-state index contributed by atoms with van der Waals surface area (Å²) in [4.78, 5) is 0. The Morgan fingerprint density at radius 2 is 1.53 bits per heavy atom. The minimum Gasteiger partial charge on any atom is -0.508 e. The van der Waals surface area contributed by atoms with E-state index in [0.29, 0.717) is 5.75 Å². The summed E-state index contributed by atoms with van der Waals surface area (Å²) in [5, 5.41) is 19.1. The summed E-state index contributed by atoms with van der Waals surface area (Å²) in [6.07, 6.45) is -0.709. The molecule has 4 nitrogen and oxygen atoms in total. The Morgan fingerprint density at radius 1 is 0.947 bits per heavy atom. The lowest BCUT2D eigenvalue weighted by Crippen LogP contribution is -2.09. The molecule has 0 aliphatic carbocycles. The number of aliphatic hydroxyl groups excluding tert-OH is 1. The molecule has 0 saturated carbocycles. The van der Waals surface area contributed by atoms with Gasteiger partial charge in [-0.3, -0.25) is 0 Å². The van der Waals surface area contributed by atoms with Gasteiger partial charge >= 0.3 is 0 Å². The molecule has 1 unspecified atom stereocenters. The van der Waals surface area contributed by atoms with Gasteiger partial charge in [0, 0.05) is 0 Å². The standard InChI is InChI=1S/C15H16O4/c1-18-13-6-2-11(3-7-13)15(17)10-19-14-8-4-12(16)5-9-14/h2-9,15-17H,10H2,1H3. The molecule has 0 fully saturated rings. The molecule has 2 rings (SSSR count). The van der Waals surface area contributed by atoms with Crippen LogP contribution in [0.5, 0.6) is 17.2 Å². The van der Waals surface area contributed by atoms with E-state index in [0.717, 1.165) is 11.3 Å². The molecule has 0 heterocycles. The van der Waals surface area contributed by atoms with Crippen LogP contribution in [0.25, 0.3) is 0 Å². The number of aliphatic hydroxyl groups is 1. The average Bonchev–Trinajstić information content (AvgIpc) is 2.46. The fourth-order valence-corrected chi connectivity index (χ4v) is 1.64. The molecule has 0 aliphatic rings. The third-order valence-corrected chi connectivity index (χ3v) is 2.75. The number of methoxy groups -OCH3 is 1. The molecular formula is C15H16O4. The van der Waals surface area contributed by atoms with E-state index >= 15 is 0 Å². The zero-order valence-corrected chi connectivity index (χ0v) is 10.6. The van der Waals surface area contributed by atoms with Gasteiger partial charge in [-0.1, -0.05) is 12.1 Å². The number of benzene rings is 2. The lowest BCUT2D eigenvalue weighted by Gasteiger charge is -2.13. The van der Waals surface area contributed by atoms with Gasteiger partial charge in [0.05, 0.1) is 7.11 Å². The van der Waals surface area contributed by atoms with Gasteiger partial charge in [-0.15, -0.1) is 0 Å². The van der Waals surface area contributed by atoms with Crippen LogP contribution in [0.4, 0.5) is 0 Å². The Kier molecular flexibility index (Phi) is 4.26. The quantitative estimate of drug-likeness (QED) is 0.867. The Labute approximate surface area is 111 Å². The van der Waals surface area contributed by atoms with Crippen molar-refractivity contribution in [2.75, 3.05) is 13.7 Å². The molecule has 1 atom stereocenters. The monoisotopic (exact) mass is 260 g/mol. The smallest absolute Gasteiger partial charge is 0.119 e. The first-order valence-corrected chi connectivity index (χ1v) is 5.93. The summed E-state index contributed by atoms with van der Waals surface area (Å²) >= 11 is 0. The number of phenols is 1. The van der Waals surface area contributed by atoms with Crippen LogP contribution >= 0.6 is 0 Å². The summed E-state index contributed by atoms with van der Waals surface area (Å²) in [5.41, 5.74) is 0.763. The minimum absolute atomic E-state index is 0.150. The van der Waals surface area contributed by atoms with E-state index in [1.165, 1.54) is 12.1 Å². The number of aromatic hydroxyl groups is 1. The van der Waals surface area contributed by atoms with Crippen molar-refractivity contribution in [3.63, 3.8) is 0 Å². The summed E-state index contributed by atoms with van der Waals surface area (Å²) in [7, 11) is 1.60. The second-order valence-corrected chi connectivity index (χ2v) is 4.09. The number of hydrogen-bond acceptors (Lipinski definition) is 4. The molecule has 19 heavy (non-hydrogen) atoms. The van der Waals surface area contributed by atoms with Crippen LogP contribution in [0.1, 0.15) is 11.7 Å². The molecule has 2 aromatic carbocycles. The zero-order valence-electron chi connectivity index (χ0n) is 10.6. The van der Waals surface area contributed by atoms with Crippen molar-refractivity contribution in [3.05, 3.63) is 54.1 Å². The Hall–Kier alpha value is -2.20. The highest BCUT2D eigenvalue weighted by atomic mass is 16.5. The topological polar surface area (TPSA) is 58.9 Å². The Balaban J connectivity index is 1.93. The van der Waals surface area contributed by atoms with Crippen molar-refractivity contribution in [1.29, 1.82) is 0 Å². The van der Waals surface area contributed by atoms with Gasteiger partial charge in [0.25, 0.3) is 0 Å². The van der Waals surface area contributed by atoms with E-state index in [4.69, 9.17) is 14.6 Å². The first-order valence-electron chi connectivity index (χ1n) is 5.93. The van der Waals surface area contributed by atoms with Crippen LogP contribution in [0.15, 0.2) is 48.5 Å². The lowest BCUT2D eigenvalue weighted by molar-refractivity contribution is 0.108. The van der Waals surface area contributed by atoms with E-state index in [1.807, 2.05) is 0 Å². The van der Waals surface area contributed by atoms with Gasteiger partial charge in [-0.25, -0.2) is 0 Å². The molecule has 100 valence electrons. The molecule has 4 heteroatoms. The van der Waals surface area contributed by atoms with E-state index in [-0.39, 0.29) is 12.4 Å². The highest BCUT2D eigenvalue weighted by Crippen LogP contribution is 2.20. The molecular weight excluding hydrogens is 244 g/mol. The molecule has 0 amide bonds. The van der Waals surface area contributed by atoms with Crippen molar-refractivity contribution in [2.24, 2.45) is 0 Å². The first-order chi connectivity index (χ1) is 9.19. The normalized spacial score (nSPS) is 11.9. The zero-order chi connectivity index (χ0) is 13.7. The van der Waals surface area contributed by atoms with Crippen molar-refractivity contribution in [2.45, 2.75) is 6.10 Å². The van der Waals surface area contributed by atoms with Gasteiger partial charge in [0.1, 0.15) is 30.0 Å². The summed E-state index contributed by atoms with van der Waals surface area (Å²) in [5.74, 6) is 1.53. The molecule has 0 aliphatic heterocycles. The highest BCUT2D eigenvalue weighted by molar-refractivity contribution is 5.31. The second kappa shape index (κ2) is 6.11. The third-order valence-electron chi connectivity index (χ3n) is 2.75. The maximum atomic E-state index is 9.98. The Bertz CT molecular complexity index is 505. The van der Waals surface area contributed by atoms with Crippen LogP contribution < -0.4 is 9.47 Å². The molecule has 0 saturated heterocycles. The third kappa shape index (κ3) is 3.63. The molecule has 2 N–H and O–H groups in total. The molecule has 0 radical (unpaired) electrons. The van der Waals surface area contributed by atoms with Gasteiger partial charge in [-0.2, -0.15) is 0 Å². The first kappa shape index (κ1) is 13.2. The minimum atomic E-state index is -0.709. The predicted octanol–water partition coefficient (Wildman–Crippen LogP) is 2.51. The van der Waals surface area contributed by atoms with E-state index in [9.17, 15) is 5.11 Å². The van der Waals surface area contributed by atoms with Crippen LogP contribution in [0, 0.1) is 0 Å². The van der Waals surface area contributed by atoms with Gasteiger partial charge in [0.15, 0.2) is 0 Å². The van der Waals surface area contributed by atoms with Crippen molar-refractivity contribution < 1.29 is 19.7 Å². The molecule has 2 aromatic rings. The van der Waals surface area contributed by atoms with E-state index < -0.39 is 6.10 Å². The second-order valence-electron chi connectivity index (χ2n) is 4.09. The lowest BCUT2D eigenvalue weighted by atomic mass is 10.1. The van der Waals surface area contributed by atoms with Gasteiger partial charge < -0.3 is 19.7 Å². The SMILES string of the molecule is COc1ccc(C(O)COc2ccc(O)cc2)cc1. The maximum absolute atomic E-state index is 9.98. The van der Waals surface area contributed by atoms with Crippen molar-refractivity contribution >= 4 is 0 Å². The predicted molar refractivity (Wildman–Crippen MR) is 71.6 cm³/mol. The number of phenolic OH excluding ortho intramolecular Hbond substituents is 1. The van der Waals surface area contributed by atoms with E-state index in [1.54, 1.807) is 43.5 Å². The van der Waals surface area contributed by atoms with E-state index in [2.05, 4.69) is 0 Å². The summed E-state index contributed by atoms with van der Waals surface area (Å²) < 4.78 is 10.5. The van der Waals surface area contributed by atoms with Crippen molar-refractivity contribution in [1.82, 2.24) is 0 Å². The summed E-state index contributed by atoms with van der Waals surface area (Å²) in [6.45, 7) is 0.150. The van der Waals surface area contributed by atoms with Crippen LogP contribution in [-0.2, 0) is 0 Å². The molecule has 0 bridgehead atoms. The number of hydrogen-bond donors (Lipinski definition) is 2. The van der Waals surface area contributed by atoms with Gasteiger partial charge in [-0.05, 0) is 42.0 Å².